The van der Waals surface area contributed by atoms with E-state index in [1.54, 1.807) is 33.3 Å². The van der Waals surface area contributed by atoms with E-state index < -0.39 is 32.5 Å². The van der Waals surface area contributed by atoms with Crippen LogP contribution in [0.3, 0.4) is 0 Å². The van der Waals surface area contributed by atoms with E-state index in [0.717, 1.165) is 19.3 Å². The number of ether oxygens (including phenoxy) is 2. The third-order valence-corrected chi connectivity index (χ3v) is 5.45. The Morgan fingerprint density at radius 3 is 2.19 bits per heavy atom. The molecule has 11 heteroatoms. The maximum Gasteiger partial charge on any atom is 0.472 e. The molecule has 184 valence electrons. The molecule has 0 aliphatic rings. The molecule has 0 radical (unpaired) electrons. The third kappa shape index (κ3) is 11.8. The molecule has 0 bridgehead atoms. The fourth-order valence-corrected chi connectivity index (χ4v) is 3.64. The molecule has 2 unspecified atom stereocenters. The molecule has 0 heterocycles. The van der Waals surface area contributed by atoms with Gasteiger partial charge in [-0.3, -0.25) is 13.8 Å². The Morgan fingerprint density at radius 2 is 1.66 bits per heavy atom. The maximum atomic E-state index is 12.2. The number of likely N-dealkylation sites (N-methyl/N-ethyl adjacent to an activating group) is 1. The van der Waals surface area contributed by atoms with Crippen molar-refractivity contribution in [3.63, 3.8) is 0 Å². The van der Waals surface area contributed by atoms with E-state index in [-0.39, 0.29) is 24.1 Å². The molecule has 0 saturated heterocycles. The Labute approximate surface area is 189 Å². The van der Waals surface area contributed by atoms with Crippen LogP contribution in [0.5, 0.6) is 11.5 Å². The fourth-order valence-electron chi connectivity index (χ4n) is 2.69. The van der Waals surface area contributed by atoms with E-state index in [1.165, 1.54) is 0 Å². The summed E-state index contributed by atoms with van der Waals surface area (Å²) in [6.45, 7) is 2.84. The highest BCUT2D eigenvalue weighted by Crippen LogP contribution is 2.46. The molecule has 0 saturated carbocycles. The van der Waals surface area contributed by atoms with Crippen LogP contribution in [0.25, 0.3) is 0 Å². The van der Waals surface area contributed by atoms with Crippen molar-refractivity contribution in [2.75, 3.05) is 41.0 Å². The van der Waals surface area contributed by atoms with Crippen LogP contribution in [-0.2, 0) is 18.4 Å². The van der Waals surface area contributed by atoms with Crippen LogP contribution in [0.15, 0.2) is 24.3 Å². The minimum atomic E-state index is -4.58. The van der Waals surface area contributed by atoms with E-state index in [4.69, 9.17) is 23.6 Å². The lowest BCUT2D eigenvalue weighted by Gasteiger charge is -2.34. The summed E-state index contributed by atoms with van der Waals surface area (Å²) in [5.41, 5.74) is 0. The molecular weight excluding hydrogens is 441 g/mol. The van der Waals surface area contributed by atoms with E-state index >= 15 is 0 Å². The van der Waals surface area contributed by atoms with Gasteiger partial charge in [-0.1, -0.05) is 25.8 Å². The number of phosphoric acid groups is 1. The van der Waals surface area contributed by atoms with Crippen molar-refractivity contribution >= 4 is 13.8 Å². The van der Waals surface area contributed by atoms with Crippen molar-refractivity contribution in [3.05, 3.63) is 24.3 Å². The Hall–Kier alpha value is -1.68. The van der Waals surface area contributed by atoms with Crippen molar-refractivity contribution in [1.29, 1.82) is 0 Å². The van der Waals surface area contributed by atoms with Gasteiger partial charge in [0, 0.05) is 12.5 Å². The van der Waals surface area contributed by atoms with Gasteiger partial charge in [-0.25, -0.2) is 4.57 Å². The molecule has 1 aromatic rings. The monoisotopic (exact) mass is 478 g/mol. The highest BCUT2D eigenvalue weighted by atomic mass is 31.2. The first-order chi connectivity index (χ1) is 14.9. The van der Waals surface area contributed by atoms with Gasteiger partial charge in [0.25, 0.3) is 0 Å². The summed E-state index contributed by atoms with van der Waals surface area (Å²) in [5, 5.41) is 19.3. The first-order valence-corrected chi connectivity index (χ1v) is 12.2. The zero-order chi connectivity index (χ0) is 24.2. The lowest BCUT2D eigenvalue weighted by atomic mass is 10.2. The van der Waals surface area contributed by atoms with Gasteiger partial charge in [0.1, 0.15) is 11.5 Å². The summed E-state index contributed by atoms with van der Waals surface area (Å²) < 4.78 is 33.3. The third-order valence-electron chi connectivity index (χ3n) is 4.40. The Morgan fingerprint density at radius 1 is 1.06 bits per heavy atom. The van der Waals surface area contributed by atoms with E-state index in [9.17, 15) is 19.4 Å². The highest BCUT2D eigenvalue weighted by molar-refractivity contribution is 7.47. The number of aliphatic hydroxyl groups is 1. The number of hydrogen-bond donors (Lipinski definition) is 3. The Balaban J connectivity index is 2.45. The zero-order valence-corrected chi connectivity index (χ0v) is 20.2. The summed E-state index contributed by atoms with van der Waals surface area (Å²) in [4.78, 5) is 21.0. The minimum Gasteiger partial charge on any atom is -0.493 e. The lowest BCUT2D eigenvalue weighted by molar-refractivity contribution is -0.922. The van der Waals surface area contributed by atoms with Crippen LogP contribution in [0.2, 0.25) is 0 Å². The van der Waals surface area contributed by atoms with Crippen molar-refractivity contribution in [2.24, 2.45) is 0 Å². The second-order valence-electron chi connectivity index (χ2n) is 8.31. The van der Waals surface area contributed by atoms with Crippen molar-refractivity contribution in [1.82, 2.24) is 0 Å². The first kappa shape index (κ1) is 28.4. The second-order valence-corrected chi connectivity index (χ2v) is 9.71. The Kier molecular flexibility index (Phi) is 12.2. The molecular formula is C21H37NO9P+. The second kappa shape index (κ2) is 13.8. The minimum absolute atomic E-state index is 0.0762. The normalized spacial score (nSPS) is 15.6. The Bertz CT molecular complexity index is 738. The van der Waals surface area contributed by atoms with Gasteiger partial charge in [-0.15, -0.1) is 0 Å². The summed E-state index contributed by atoms with van der Waals surface area (Å²) in [7, 11) is 0.242. The number of unbranched alkanes of at least 4 members (excludes halogenated alkanes) is 2. The van der Waals surface area contributed by atoms with Crippen LogP contribution in [0.4, 0.5) is 0 Å². The molecule has 0 aliphatic heterocycles. The van der Waals surface area contributed by atoms with Crippen molar-refractivity contribution < 1.29 is 47.5 Å². The van der Waals surface area contributed by atoms with Gasteiger partial charge in [0.15, 0.2) is 6.10 Å². The number of quaternary nitrogens is 1. The van der Waals surface area contributed by atoms with Crippen LogP contribution < -0.4 is 9.47 Å². The fraction of sp³-hybridized carbons (Fsp3) is 0.667. The number of aliphatic hydroxyl groups excluding tert-OH is 1. The highest BCUT2D eigenvalue weighted by Gasteiger charge is 2.39. The van der Waals surface area contributed by atoms with Gasteiger partial charge >= 0.3 is 13.8 Å². The standard InChI is InChI=1S/C21H36NO9P/c1-5-6-7-12-28-17-10-8-11-18(15-17)29-13-9-14-30-32(26,27)31-19(16-20(23)24)21(25)22(2,3)4/h8,10-11,15,19,21,25H,5-7,9,12-14,16H2,1-4H3,(H-,23,24,26,27)/p+1/t19-,21?/m1/s1. The average molecular weight is 478 g/mol. The molecule has 0 spiro atoms. The van der Waals surface area contributed by atoms with Crippen LogP contribution in [-0.4, -0.2) is 78.9 Å². The number of aliphatic carboxylic acids is 1. The van der Waals surface area contributed by atoms with Crippen LogP contribution in [0.1, 0.15) is 39.0 Å². The maximum absolute atomic E-state index is 12.2. The smallest absolute Gasteiger partial charge is 0.472 e. The van der Waals surface area contributed by atoms with Gasteiger partial charge < -0.3 is 29.1 Å². The van der Waals surface area contributed by atoms with Crippen molar-refractivity contribution in [2.45, 2.75) is 51.4 Å². The predicted octanol–water partition coefficient (Wildman–Crippen LogP) is 3.03. The number of hydrogen-bond acceptors (Lipinski definition) is 7. The van der Waals surface area contributed by atoms with Gasteiger partial charge in [0.2, 0.25) is 6.23 Å². The SMILES string of the molecule is CCCCCOc1cccc(OCCCOP(=O)(O)O[C@H](CC(=O)O)C(O)[N+](C)(C)C)c1. The molecule has 1 rings (SSSR count). The molecule has 32 heavy (non-hydrogen) atoms. The molecule has 10 nitrogen and oxygen atoms in total. The molecule has 3 atom stereocenters. The number of benzene rings is 1. The predicted molar refractivity (Wildman–Crippen MR) is 119 cm³/mol. The zero-order valence-electron chi connectivity index (χ0n) is 19.3. The largest absolute Gasteiger partial charge is 0.493 e. The summed E-state index contributed by atoms with van der Waals surface area (Å²) >= 11 is 0. The average Bonchev–Trinajstić information content (AvgIpc) is 2.69. The molecule has 0 amide bonds. The lowest BCUT2D eigenvalue weighted by Crippen LogP contribution is -2.52. The molecule has 3 N–H and O–H groups in total. The number of carboxylic acids is 1. The number of carboxylic acid groups (broad SMARTS) is 1. The topological polar surface area (TPSA) is 132 Å². The van der Waals surface area contributed by atoms with E-state index in [2.05, 4.69) is 6.92 Å². The van der Waals surface area contributed by atoms with Crippen LogP contribution in [0, 0.1) is 0 Å². The summed E-state index contributed by atoms with van der Waals surface area (Å²) in [5.74, 6) is 0.0462. The van der Waals surface area contributed by atoms with Gasteiger partial charge in [0.05, 0.1) is 47.4 Å². The summed E-state index contributed by atoms with van der Waals surface area (Å²) in [6.07, 6.45) is 0.106. The molecule has 0 aromatic heterocycles. The van der Waals surface area contributed by atoms with Crippen LogP contribution >= 0.6 is 7.82 Å². The molecule has 0 aliphatic carbocycles. The molecule has 1 aromatic carbocycles. The number of nitrogens with zero attached hydrogens (tertiary/aromatic N) is 1. The quantitative estimate of drug-likeness (QED) is 0.134. The van der Waals surface area contributed by atoms with Gasteiger partial charge in [-0.05, 0) is 18.6 Å². The van der Waals surface area contributed by atoms with Gasteiger partial charge in [-0.2, -0.15) is 0 Å². The van der Waals surface area contributed by atoms with E-state index in [1.807, 2.05) is 12.1 Å². The number of rotatable bonds is 17. The number of phosphoric ester groups is 1. The first-order valence-electron chi connectivity index (χ1n) is 10.7. The van der Waals surface area contributed by atoms with Crippen molar-refractivity contribution in [3.8, 4) is 11.5 Å². The number of carbonyl (C=O) groups is 1. The molecule has 0 fully saturated rings. The summed E-state index contributed by atoms with van der Waals surface area (Å²) in [6, 6.07) is 7.22. The van der Waals surface area contributed by atoms with E-state index in [0.29, 0.717) is 18.1 Å².